The third-order valence-electron chi connectivity index (χ3n) is 3.39. The molecule has 0 radical (unpaired) electrons. The van der Waals surface area contributed by atoms with Gasteiger partial charge in [0.2, 0.25) is 0 Å². The van der Waals surface area contributed by atoms with E-state index in [1.807, 2.05) is 6.33 Å². The van der Waals surface area contributed by atoms with Crippen LogP contribution in [0.2, 0.25) is 0 Å². The zero-order chi connectivity index (χ0) is 10.4. The summed E-state index contributed by atoms with van der Waals surface area (Å²) in [6.45, 7) is 5.47. The molecule has 1 aliphatic rings. The first-order valence-corrected chi connectivity index (χ1v) is 5.66. The topological polar surface area (TPSA) is 17.8 Å². The van der Waals surface area contributed by atoms with Gasteiger partial charge in [-0.25, -0.2) is 4.98 Å². The minimum atomic E-state index is 0.906. The van der Waals surface area contributed by atoms with Crippen LogP contribution in [0.1, 0.15) is 24.0 Å². The van der Waals surface area contributed by atoms with E-state index in [2.05, 4.69) is 35.5 Å². The fraction of sp³-hybridized carbons (Fsp3) is 0.462. The van der Waals surface area contributed by atoms with Crippen molar-refractivity contribution in [3.63, 3.8) is 0 Å². The molecule has 0 saturated heterocycles. The monoisotopic (exact) mass is 200 g/mol. The van der Waals surface area contributed by atoms with E-state index in [9.17, 15) is 0 Å². The fourth-order valence-electron chi connectivity index (χ4n) is 2.04. The first-order valence-electron chi connectivity index (χ1n) is 5.66. The number of fused-ring (bicyclic) bond motifs is 1. The van der Waals surface area contributed by atoms with Gasteiger partial charge in [0.25, 0.3) is 0 Å². The van der Waals surface area contributed by atoms with E-state index in [1.165, 1.54) is 29.5 Å². The molecule has 1 heterocycles. The number of imidazole rings is 1. The minimum absolute atomic E-state index is 0.906. The molecule has 0 aliphatic heterocycles. The highest BCUT2D eigenvalue weighted by molar-refractivity contribution is 5.77. The van der Waals surface area contributed by atoms with Crippen molar-refractivity contribution < 1.29 is 0 Å². The Morgan fingerprint density at radius 2 is 2.00 bits per heavy atom. The van der Waals surface area contributed by atoms with Gasteiger partial charge in [0.05, 0.1) is 17.4 Å². The Hall–Kier alpha value is -1.31. The molecular weight excluding hydrogens is 184 g/mol. The average molecular weight is 200 g/mol. The van der Waals surface area contributed by atoms with Gasteiger partial charge < -0.3 is 4.57 Å². The summed E-state index contributed by atoms with van der Waals surface area (Å²) < 4.78 is 2.31. The lowest BCUT2D eigenvalue weighted by Gasteiger charge is -2.04. The predicted molar refractivity (Wildman–Crippen MR) is 61.9 cm³/mol. The summed E-state index contributed by atoms with van der Waals surface area (Å²) in [5.41, 5.74) is 5.13. The molecule has 78 valence electrons. The fourth-order valence-corrected chi connectivity index (χ4v) is 2.04. The van der Waals surface area contributed by atoms with Crippen molar-refractivity contribution in [2.24, 2.45) is 5.92 Å². The van der Waals surface area contributed by atoms with Crippen LogP contribution >= 0.6 is 0 Å². The first-order chi connectivity index (χ1) is 7.24. The van der Waals surface area contributed by atoms with E-state index >= 15 is 0 Å². The van der Waals surface area contributed by atoms with Gasteiger partial charge in [0.15, 0.2) is 0 Å². The maximum absolute atomic E-state index is 4.46. The smallest absolute Gasteiger partial charge is 0.0958 e. The third kappa shape index (κ3) is 1.54. The molecule has 0 unspecified atom stereocenters. The molecule has 2 aromatic rings. The molecule has 2 heteroatoms. The number of rotatable bonds is 2. The van der Waals surface area contributed by atoms with Crippen molar-refractivity contribution in [3.05, 3.63) is 29.6 Å². The van der Waals surface area contributed by atoms with Crippen LogP contribution in [0, 0.1) is 19.8 Å². The predicted octanol–water partition coefficient (Wildman–Crippen LogP) is 3.06. The molecule has 1 saturated carbocycles. The number of nitrogens with zero attached hydrogens (tertiary/aromatic N) is 2. The van der Waals surface area contributed by atoms with Crippen molar-refractivity contribution in [2.45, 2.75) is 33.2 Å². The summed E-state index contributed by atoms with van der Waals surface area (Å²) in [4.78, 5) is 4.46. The maximum Gasteiger partial charge on any atom is 0.0958 e. The highest BCUT2D eigenvalue weighted by atomic mass is 15.0. The molecule has 0 bridgehead atoms. The lowest BCUT2D eigenvalue weighted by molar-refractivity contribution is 0.642. The van der Waals surface area contributed by atoms with E-state index in [0.29, 0.717) is 0 Å². The van der Waals surface area contributed by atoms with Crippen LogP contribution in [-0.4, -0.2) is 9.55 Å². The third-order valence-corrected chi connectivity index (χ3v) is 3.39. The number of hydrogen-bond donors (Lipinski definition) is 0. The molecular formula is C13H16N2. The van der Waals surface area contributed by atoms with Crippen molar-refractivity contribution in [1.29, 1.82) is 0 Å². The Bertz CT molecular complexity index is 506. The van der Waals surface area contributed by atoms with E-state index in [1.54, 1.807) is 0 Å². The summed E-state index contributed by atoms with van der Waals surface area (Å²) in [6.07, 6.45) is 4.77. The lowest BCUT2D eigenvalue weighted by Crippen LogP contribution is -1.97. The van der Waals surface area contributed by atoms with Gasteiger partial charge in [-0.05, 0) is 55.9 Å². The van der Waals surface area contributed by atoms with Crippen molar-refractivity contribution in [2.75, 3.05) is 0 Å². The van der Waals surface area contributed by atoms with Crippen molar-refractivity contribution >= 4 is 11.0 Å². The van der Waals surface area contributed by atoms with Crippen LogP contribution in [0.4, 0.5) is 0 Å². The van der Waals surface area contributed by atoms with Crippen LogP contribution < -0.4 is 0 Å². The first kappa shape index (κ1) is 8.96. The quantitative estimate of drug-likeness (QED) is 0.728. The summed E-state index contributed by atoms with van der Waals surface area (Å²) in [6, 6.07) is 4.45. The largest absolute Gasteiger partial charge is 0.330 e. The van der Waals surface area contributed by atoms with Gasteiger partial charge in [0, 0.05) is 6.54 Å². The van der Waals surface area contributed by atoms with Gasteiger partial charge in [-0.15, -0.1) is 0 Å². The van der Waals surface area contributed by atoms with E-state index in [0.717, 1.165) is 18.0 Å². The van der Waals surface area contributed by atoms with Crippen molar-refractivity contribution in [3.8, 4) is 0 Å². The van der Waals surface area contributed by atoms with Gasteiger partial charge >= 0.3 is 0 Å². The molecule has 0 spiro atoms. The molecule has 1 aromatic carbocycles. The molecule has 3 rings (SSSR count). The Morgan fingerprint density at radius 1 is 1.27 bits per heavy atom. The number of hydrogen-bond acceptors (Lipinski definition) is 1. The average Bonchev–Trinajstić information content (AvgIpc) is 2.94. The van der Waals surface area contributed by atoms with E-state index < -0.39 is 0 Å². The van der Waals surface area contributed by atoms with E-state index in [4.69, 9.17) is 0 Å². The number of aromatic nitrogens is 2. The number of aryl methyl sites for hydroxylation is 2. The normalized spacial score (nSPS) is 16.1. The Labute approximate surface area is 89.9 Å². The summed E-state index contributed by atoms with van der Waals surface area (Å²) in [7, 11) is 0. The zero-order valence-electron chi connectivity index (χ0n) is 9.33. The molecule has 1 fully saturated rings. The molecule has 2 nitrogen and oxygen atoms in total. The summed E-state index contributed by atoms with van der Waals surface area (Å²) >= 11 is 0. The van der Waals surface area contributed by atoms with Gasteiger partial charge in [-0.1, -0.05) is 0 Å². The summed E-state index contributed by atoms with van der Waals surface area (Å²) in [5, 5.41) is 0. The second kappa shape index (κ2) is 3.09. The van der Waals surface area contributed by atoms with Gasteiger partial charge in [0.1, 0.15) is 0 Å². The van der Waals surface area contributed by atoms with E-state index in [-0.39, 0.29) is 0 Å². The molecule has 0 atom stereocenters. The van der Waals surface area contributed by atoms with Crippen LogP contribution in [0.3, 0.4) is 0 Å². The van der Waals surface area contributed by atoms with Crippen LogP contribution in [0.5, 0.6) is 0 Å². The molecule has 1 aromatic heterocycles. The van der Waals surface area contributed by atoms with Gasteiger partial charge in [-0.2, -0.15) is 0 Å². The minimum Gasteiger partial charge on any atom is -0.330 e. The highest BCUT2D eigenvalue weighted by Crippen LogP contribution is 2.31. The standard InChI is InChI=1S/C13H16N2/c1-9-5-12-13(6-10(9)2)15(8-14-12)7-11-3-4-11/h5-6,8,11H,3-4,7H2,1-2H3. The molecule has 0 amide bonds. The lowest BCUT2D eigenvalue weighted by atomic mass is 10.1. The van der Waals surface area contributed by atoms with Crippen LogP contribution in [-0.2, 0) is 6.54 Å². The summed E-state index contributed by atoms with van der Waals surface area (Å²) in [5.74, 6) is 0.906. The molecule has 0 N–H and O–H groups in total. The van der Waals surface area contributed by atoms with Crippen molar-refractivity contribution in [1.82, 2.24) is 9.55 Å². The second-order valence-electron chi connectivity index (χ2n) is 4.77. The SMILES string of the molecule is Cc1cc2ncn(CC3CC3)c2cc1C. The molecule has 1 aliphatic carbocycles. The Kier molecular flexibility index (Phi) is 1.84. The highest BCUT2D eigenvalue weighted by Gasteiger charge is 2.22. The zero-order valence-corrected chi connectivity index (χ0v) is 9.33. The maximum atomic E-state index is 4.46. The van der Waals surface area contributed by atoms with Crippen LogP contribution in [0.15, 0.2) is 18.5 Å². The second-order valence-corrected chi connectivity index (χ2v) is 4.77. The Morgan fingerprint density at radius 3 is 2.73 bits per heavy atom. The number of benzene rings is 1. The Balaban J connectivity index is 2.10. The van der Waals surface area contributed by atoms with Crippen LogP contribution in [0.25, 0.3) is 11.0 Å². The van der Waals surface area contributed by atoms with Gasteiger partial charge in [-0.3, -0.25) is 0 Å². The molecule has 15 heavy (non-hydrogen) atoms.